The molecule has 0 aliphatic heterocycles. The van der Waals surface area contributed by atoms with Crippen molar-refractivity contribution >= 4 is 17.3 Å². The standard InChI is InChI=1S/C10H12N4O2S/c15-10(16)3-7-1-2-8(17-7)4-11-5-9-12-6-13-14-9/h1-2,6,11H,3-5H2,(H,15,16)(H,12,13,14). The van der Waals surface area contributed by atoms with Crippen LogP contribution in [0.2, 0.25) is 0 Å². The van der Waals surface area contributed by atoms with Gasteiger partial charge in [0.05, 0.1) is 13.0 Å². The highest BCUT2D eigenvalue weighted by atomic mass is 32.1. The quantitative estimate of drug-likeness (QED) is 0.707. The van der Waals surface area contributed by atoms with Crippen molar-refractivity contribution in [2.75, 3.05) is 0 Å². The second-order valence-corrected chi connectivity index (χ2v) is 4.73. The van der Waals surface area contributed by atoms with Crippen molar-refractivity contribution < 1.29 is 9.90 Å². The zero-order chi connectivity index (χ0) is 12.1. The highest BCUT2D eigenvalue weighted by Gasteiger charge is 2.04. The zero-order valence-electron chi connectivity index (χ0n) is 9.01. The molecular formula is C10H12N4O2S. The van der Waals surface area contributed by atoms with E-state index in [4.69, 9.17) is 5.11 Å². The van der Waals surface area contributed by atoms with Crippen LogP contribution >= 0.6 is 11.3 Å². The molecule has 0 amide bonds. The number of nitrogens with zero attached hydrogens (tertiary/aromatic N) is 2. The molecule has 0 unspecified atom stereocenters. The number of carbonyl (C=O) groups is 1. The summed E-state index contributed by atoms with van der Waals surface area (Å²) in [6.45, 7) is 1.32. The van der Waals surface area contributed by atoms with Crippen molar-refractivity contribution in [1.82, 2.24) is 20.5 Å². The molecule has 6 nitrogen and oxygen atoms in total. The minimum atomic E-state index is -0.798. The smallest absolute Gasteiger partial charge is 0.308 e. The molecule has 0 radical (unpaired) electrons. The van der Waals surface area contributed by atoms with Crippen LogP contribution in [0.15, 0.2) is 18.5 Å². The first-order valence-electron chi connectivity index (χ1n) is 5.08. The topological polar surface area (TPSA) is 90.9 Å². The Hall–Kier alpha value is -1.73. The molecule has 2 aromatic rings. The number of carboxylic acids is 1. The molecule has 17 heavy (non-hydrogen) atoms. The number of rotatable bonds is 6. The van der Waals surface area contributed by atoms with Crippen LogP contribution in [0, 0.1) is 0 Å². The SMILES string of the molecule is O=C(O)Cc1ccc(CNCc2ncn[nH]2)s1. The summed E-state index contributed by atoms with van der Waals surface area (Å²) in [5.41, 5.74) is 0. The molecule has 0 aromatic carbocycles. The highest BCUT2D eigenvalue weighted by Crippen LogP contribution is 2.16. The predicted octanol–water partition coefficient (Wildman–Crippen LogP) is 0.783. The maximum Gasteiger partial charge on any atom is 0.308 e. The molecule has 7 heteroatoms. The lowest BCUT2D eigenvalue weighted by Crippen LogP contribution is -2.12. The highest BCUT2D eigenvalue weighted by molar-refractivity contribution is 7.12. The summed E-state index contributed by atoms with van der Waals surface area (Å²) >= 11 is 1.51. The van der Waals surface area contributed by atoms with Crippen LogP contribution in [0.3, 0.4) is 0 Å². The van der Waals surface area contributed by atoms with Crippen molar-refractivity contribution in [3.8, 4) is 0 Å². The fourth-order valence-electron chi connectivity index (χ4n) is 1.38. The lowest BCUT2D eigenvalue weighted by Gasteiger charge is -1.99. The number of aromatic nitrogens is 3. The van der Waals surface area contributed by atoms with E-state index < -0.39 is 5.97 Å². The molecule has 90 valence electrons. The summed E-state index contributed by atoms with van der Waals surface area (Å²) in [6.07, 6.45) is 1.56. The van der Waals surface area contributed by atoms with Crippen molar-refractivity contribution in [2.45, 2.75) is 19.5 Å². The summed E-state index contributed by atoms with van der Waals surface area (Å²) in [5, 5.41) is 18.4. The molecule has 0 aliphatic rings. The van der Waals surface area contributed by atoms with Gasteiger partial charge in [0, 0.05) is 16.3 Å². The van der Waals surface area contributed by atoms with E-state index in [2.05, 4.69) is 20.5 Å². The van der Waals surface area contributed by atoms with Gasteiger partial charge in [-0.1, -0.05) is 0 Å². The van der Waals surface area contributed by atoms with Gasteiger partial charge in [-0.2, -0.15) is 5.10 Å². The molecule has 2 heterocycles. The summed E-state index contributed by atoms with van der Waals surface area (Å²) in [7, 11) is 0. The van der Waals surface area contributed by atoms with E-state index in [1.54, 1.807) is 0 Å². The maximum atomic E-state index is 10.5. The lowest BCUT2D eigenvalue weighted by molar-refractivity contribution is -0.136. The second kappa shape index (κ2) is 5.55. The number of thiophene rings is 1. The zero-order valence-corrected chi connectivity index (χ0v) is 9.83. The molecule has 0 bridgehead atoms. The van der Waals surface area contributed by atoms with Crippen molar-refractivity contribution in [1.29, 1.82) is 0 Å². The molecule has 0 saturated heterocycles. The van der Waals surface area contributed by atoms with Gasteiger partial charge in [-0.3, -0.25) is 9.89 Å². The van der Waals surface area contributed by atoms with E-state index >= 15 is 0 Å². The molecule has 0 spiro atoms. The number of hydrogen-bond donors (Lipinski definition) is 3. The molecule has 2 aromatic heterocycles. The number of carboxylic acid groups (broad SMARTS) is 1. The molecule has 0 atom stereocenters. The van der Waals surface area contributed by atoms with Gasteiger partial charge in [0.1, 0.15) is 12.2 Å². The van der Waals surface area contributed by atoms with E-state index in [0.717, 1.165) is 15.6 Å². The van der Waals surface area contributed by atoms with Crippen LogP contribution in [0.1, 0.15) is 15.6 Å². The number of hydrogen-bond acceptors (Lipinski definition) is 5. The van der Waals surface area contributed by atoms with Crippen molar-refractivity contribution in [2.24, 2.45) is 0 Å². The Labute approximate surface area is 102 Å². The summed E-state index contributed by atoms with van der Waals surface area (Å²) in [5.74, 6) is -0.0136. The van der Waals surface area contributed by atoms with E-state index in [-0.39, 0.29) is 6.42 Å². The molecule has 0 aliphatic carbocycles. The monoisotopic (exact) mass is 252 g/mol. The van der Waals surface area contributed by atoms with Gasteiger partial charge in [-0.15, -0.1) is 11.3 Å². The molecule has 3 N–H and O–H groups in total. The van der Waals surface area contributed by atoms with E-state index in [9.17, 15) is 4.79 Å². The van der Waals surface area contributed by atoms with Crippen molar-refractivity contribution in [3.05, 3.63) is 34.0 Å². The van der Waals surface area contributed by atoms with E-state index in [1.165, 1.54) is 17.7 Å². The van der Waals surface area contributed by atoms with Crippen LogP contribution in [-0.4, -0.2) is 26.3 Å². The van der Waals surface area contributed by atoms with Gasteiger partial charge < -0.3 is 10.4 Å². The maximum absolute atomic E-state index is 10.5. The Morgan fingerprint density at radius 2 is 2.24 bits per heavy atom. The normalized spacial score (nSPS) is 10.6. The Kier molecular flexibility index (Phi) is 3.84. The Balaban J connectivity index is 1.79. The number of H-pyrrole nitrogens is 1. The Morgan fingerprint density at radius 1 is 1.41 bits per heavy atom. The average molecular weight is 252 g/mol. The van der Waals surface area contributed by atoms with Gasteiger partial charge in [0.15, 0.2) is 0 Å². The predicted molar refractivity (Wildman–Crippen MR) is 62.6 cm³/mol. The Morgan fingerprint density at radius 3 is 2.94 bits per heavy atom. The van der Waals surface area contributed by atoms with E-state index in [1.807, 2.05) is 12.1 Å². The lowest BCUT2D eigenvalue weighted by atomic mass is 10.3. The summed E-state index contributed by atoms with van der Waals surface area (Å²) in [4.78, 5) is 16.5. The van der Waals surface area contributed by atoms with Gasteiger partial charge in [0.25, 0.3) is 0 Å². The molecule has 0 saturated carbocycles. The summed E-state index contributed by atoms with van der Waals surface area (Å²) in [6, 6.07) is 3.79. The first-order chi connectivity index (χ1) is 8.24. The van der Waals surface area contributed by atoms with Gasteiger partial charge in [-0.05, 0) is 12.1 Å². The van der Waals surface area contributed by atoms with Gasteiger partial charge in [-0.25, -0.2) is 4.98 Å². The van der Waals surface area contributed by atoms with Crippen LogP contribution in [0.4, 0.5) is 0 Å². The van der Waals surface area contributed by atoms with Crippen LogP contribution in [0.25, 0.3) is 0 Å². The first-order valence-corrected chi connectivity index (χ1v) is 5.90. The minimum absolute atomic E-state index is 0.0901. The second-order valence-electron chi connectivity index (χ2n) is 3.47. The van der Waals surface area contributed by atoms with Crippen molar-refractivity contribution in [3.63, 3.8) is 0 Å². The number of nitrogens with one attached hydrogen (secondary N) is 2. The largest absolute Gasteiger partial charge is 0.481 e. The summed E-state index contributed by atoms with van der Waals surface area (Å²) < 4.78 is 0. The molecular weight excluding hydrogens is 240 g/mol. The number of aliphatic carboxylic acids is 1. The van der Waals surface area contributed by atoms with Gasteiger partial charge in [0.2, 0.25) is 0 Å². The Bertz CT molecular complexity index is 480. The van der Waals surface area contributed by atoms with Crippen LogP contribution in [0.5, 0.6) is 0 Å². The van der Waals surface area contributed by atoms with Gasteiger partial charge >= 0.3 is 5.97 Å². The fourth-order valence-corrected chi connectivity index (χ4v) is 2.36. The third-order valence-electron chi connectivity index (χ3n) is 2.10. The third-order valence-corrected chi connectivity index (χ3v) is 3.18. The average Bonchev–Trinajstić information content (AvgIpc) is 2.89. The number of aromatic amines is 1. The third kappa shape index (κ3) is 3.65. The van der Waals surface area contributed by atoms with Crippen LogP contribution < -0.4 is 5.32 Å². The minimum Gasteiger partial charge on any atom is -0.481 e. The molecule has 2 rings (SSSR count). The van der Waals surface area contributed by atoms with Crippen LogP contribution in [-0.2, 0) is 24.3 Å². The fraction of sp³-hybridized carbons (Fsp3) is 0.300. The first kappa shape index (κ1) is 11.7. The van der Waals surface area contributed by atoms with E-state index in [0.29, 0.717) is 13.1 Å². The molecule has 0 fully saturated rings.